The molecule has 8 nitrogen and oxygen atoms in total. The van der Waals surface area contributed by atoms with Gasteiger partial charge in [0.15, 0.2) is 0 Å². The summed E-state index contributed by atoms with van der Waals surface area (Å²) in [6, 6.07) is -0.111. The van der Waals surface area contributed by atoms with E-state index in [0.717, 1.165) is 12.8 Å². The van der Waals surface area contributed by atoms with E-state index in [2.05, 4.69) is 20.4 Å². The van der Waals surface area contributed by atoms with Gasteiger partial charge in [-0.1, -0.05) is 0 Å². The van der Waals surface area contributed by atoms with E-state index >= 15 is 0 Å². The van der Waals surface area contributed by atoms with Crippen LogP contribution in [0.15, 0.2) is 0 Å². The molecule has 0 spiro atoms. The number of carbonyl (C=O) groups is 1. The lowest BCUT2D eigenvalue weighted by molar-refractivity contribution is -0.257. The molecule has 0 aliphatic heterocycles. The van der Waals surface area contributed by atoms with Crippen LogP contribution in [-0.4, -0.2) is 54.1 Å². The molecule has 1 unspecified atom stereocenters. The topological polar surface area (TPSA) is 120 Å². The van der Waals surface area contributed by atoms with Crippen molar-refractivity contribution in [1.82, 2.24) is 10.6 Å². The summed E-state index contributed by atoms with van der Waals surface area (Å²) >= 11 is 0. The van der Waals surface area contributed by atoms with Crippen LogP contribution >= 0.6 is 0 Å². The molecule has 0 aromatic heterocycles. The van der Waals surface area contributed by atoms with E-state index in [-0.39, 0.29) is 19.3 Å². The fourth-order valence-corrected chi connectivity index (χ4v) is 1.28. The van der Waals surface area contributed by atoms with Crippen molar-refractivity contribution in [3.8, 4) is 0 Å². The largest absolute Gasteiger partial charge is 0.465 e. The molecular weight excluding hydrogens is 232 g/mol. The van der Waals surface area contributed by atoms with E-state index in [1.807, 2.05) is 0 Å². The van der Waals surface area contributed by atoms with Gasteiger partial charge in [-0.2, -0.15) is 0 Å². The molecule has 0 saturated heterocycles. The van der Waals surface area contributed by atoms with Gasteiger partial charge >= 0.3 is 6.09 Å². The lowest BCUT2D eigenvalue weighted by Gasteiger charge is -2.16. The summed E-state index contributed by atoms with van der Waals surface area (Å²) < 4.78 is 0. The lowest BCUT2D eigenvalue weighted by Crippen LogP contribution is -2.35. The van der Waals surface area contributed by atoms with Gasteiger partial charge in [-0.3, -0.25) is 10.5 Å². The standard InChI is InChI=1S/C9H20N2O6/c12-9(13)11-5-2-1-4-10-8(7-17-15)3-6-16-14/h8,10-11,14-15H,1-7H2,(H,12,13). The second kappa shape index (κ2) is 11.6. The summed E-state index contributed by atoms with van der Waals surface area (Å²) in [5.41, 5.74) is 0. The van der Waals surface area contributed by atoms with E-state index < -0.39 is 6.09 Å². The van der Waals surface area contributed by atoms with Crippen molar-refractivity contribution >= 4 is 6.09 Å². The average Bonchev–Trinajstić information content (AvgIpc) is 2.29. The molecule has 0 radical (unpaired) electrons. The second-order valence-corrected chi connectivity index (χ2v) is 3.51. The Hall–Kier alpha value is -0.930. The van der Waals surface area contributed by atoms with Crippen molar-refractivity contribution in [3.63, 3.8) is 0 Å². The SMILES string of the molecule is O=C(O)NCCCCNC(CCOO)COO. The maximum absolute atomic E-state index is 10.1. The van der Waals surface area contributed by atoms with Gasteiger partial charge in [0.2, 0.25) is 0 Å². The highest BCUT2D eigenvalue weighted by atomic mass is 17.1. The predicted octanol–water partition coefficient (Wildman–Crippen LogP) is 0.362. The number of unbranched alkanes of at least 4 members (excludes halogenated alkanes) is 1. The second-order valence-electron chi connectivity index (χ2n) is 3.51. The number of amides is 1. The minimum atomic E-state index is -1.02. The third kappa shape index (κ3) is 11.3. The number of rotatable bonds is 11. The summed E-state index contributed by atoms with van der Waals surface area (Å²) in [6.45, 7) is 1.34. The third-order valence-corrected chi connectivity index (χ3v) is 2.15. The maximum atomic E-state index is 10.1. The third-order valence-electron chi connectivity index (χ3n) is 2.15. The lowest BCUT2D eigenvalue weighted by atomic mass is 10.2. The van der Waals surface area contributed by atoms with Gasteiger partial charge in [-0.15, -0.1) is 0 Å². The molecule has 17 heavy (non-hydrogen) atoms. The van der Waals surface area contributed by atoms with Gasteiger partial charge in [-0.25, -0.2) is 14.6 Å². The normalized spacial score (nSPS) is 12.4. The predicted molar refractivity (Wildman–Crippen MR) is 58.8 cm³/mol. The zero-order chi connectivity index (χ0) is 12.9. The monoisotopic (exact) mass is 252 g/mol. The fourth-order valence-electron chi connectivity index (χ4n) is 1.28. The Labute approximate surface area is 99.4 Å². The van der Waals surface area contributed by atoms with Crippen molar-refractivity contribution in [2.24, 2.45) is 0 Å². The molecule has 0 aromatic carbocycles. The van der Waals surface area contributed by atoms with E-state index in [4.69, 9.17) is 15.6 Å². The Balaban J connectivity index is 3.43. The smallest absolute Gasteiger partial charge is 0.404 e. The van der Waals surface area contributed by atoms with E-state index in [9.17, 15) is 4.79 Å². The van der Waals surface area contributed by atoms with Gasteiger partial charge in [-0.05, 0) is 25.8 Å². The number of hydrogen-bond acceptors (Lipinski definition) is 6. The Morgan fingerprint density at radius 2 is 1.88 bits per heavy atom. The number of carboxylic acid groups (broad SMARTS) is 1. The summed E-state index contributed by atoms with van der Waals surface area (Å²) in [7, 11) is 0. The van der Waals surface area contributed by atoms with Crippen LogP contribution in [0.1, 0.15) is 19.3 Å². The molecule has 5 N–H and O–H groups in total. The Kier molecular flexibility index (Phi) is 10.9. The van der Waals surface area contributed by atoms with Crippen LogP contribution in [0, 0.1) is 0 Å². The molecule has 1 atom stereocenters. The molecule has 8 heteroatoms. The zero-order valence-electron chi connectivity index (χ0n) is 9.59. The summed E-state index contributed by atoms with van der Waals surface area (Å²) in [4.78, 5) is 18.1. The van der Waals surface area contributed by atoms with Gasteiger partial charge in [0.05, 0.1) is 13.2 Å². The molecule has 0 bridgehead atoms. The van der Waals surface area contributed by atoms with Gasteiger partial charge in [0.1, 0.15) is 0 Å². The molecular formula is C9H20N2O6. The van der Waals surface area contributed by atoms with Crippen molar-refractivity contribution in [1.29, 1.82) is 0 Å². The van der Waals surface area contributed by atoms with Crippen LogP contribution in [0.2, 0.25) is 0 Å². The van der Waals surface area contributed by atoms with E-state index in [1.54, 1.807) is 0 Å². The number of nitrogens with one attached hydrogen (secondary N) is 2. The first-order valence-corrected chi connectivity index (χ1v) is 5.43. The molecule has 0 rings (SSSR count). The molecule has 0 aliphatic rings. The molecule has 0 heterocycles. The highest BCUT2D eigenvalue weighted by Crippen LogP contribution is 1.94. The van der Waals surface area contributed by atoms with Gasteiger partial charge in [0, 0.05) is 12.6 Å². The quantitative estimate of drug-likeness (QED) is 0.204. The molecule has 0 fully saturated rings. The number of hydrogen-bond donors (Lipinski definition) is 5. The first-order chi connectivity index (χ1) is 8.20. The molecule has 0 saturated carbocycles. The zero-order valence-corrected chi connectivity index (χ0v) is 9.59. The maximum Gasteiger partial charge on any atom is 0.404 e. The van der Waals surface area contributed by atoms with Gasteiger partial charge in [0.25, 0.3) is 0 Å². The molecule has 102 valence electrons. The van der Waals surface area contributed by atoms with Crippen LogP contribution in [0.3, 0.4) is 0 Å². The Morgan fingerprint density at radius 1 is 1.18 bits per heavy atom. The van der Waals surface area contributed by atoms with E-state index in [1.165, 1.54) is 0 Å². The Morgan fingerprint density at radius 3 is 2.47 bits per heavy atom. The first-order valence-electron chi connectivity index (χ1n) is 5.43. The minimum Gasteiger partial charge on any atom is -0.465 e. The van der Waals surface area contributed by atoms with Crippen LogP contribution in [0.4, 0.5) is 4.79 Å². The average molecular weight is 252 g/mol. The highest BCUT2D eigenvalue weighted by Gasteiger charge is 2.07. The van der Waals surface area contributed by atoms with Crippen LogP contribution in [0.25, 0.3) is 0 Å². The van der Waals surface area contributed by atoms with Crippen LogP contribution < -0.4 is 10.6 Å². The van der Waals surface area contributed by atoms with Crippen molar-refractivity contribution in [2.45, 2.75) is 25.3 Å². The highest BCUT2D eigenvalue weighted by molar-refractivity contribution is 5.64. The summed E-state index contributed by atoms with van der Waals surface area (Å²) in [5, 5.41) is 30.2. The Bertz CT molecular complexity index is 192. The fraction of sp³-hybridized carbons (Fsp3) is 0.889. The molecule has 0 aromatic rings. The molecule has 1 amide bonds. The summed E-state index contributed by atoms with van der Waals surface area (Å²) in [6.07, 6.45) is 0.999. The minimum absolute atomic E-state index is 0.108. The van der Waals surface area contributed by atoms with Gasteiger partial charge < -0.3 is 15.7 Å². The van der Waals surface area contributed by atoms with Crippen molar-refractivity contribution in [3.05, 3.63) is 0 Å². The van der Waals surface area contributed by atoms with Crippen LogP contribution in [-0.2, 0) is 9.78 Å². The molecule has 0 aliphatic carbocycles. The van der Waals surface area contributed by atoms with Crippen LogP contribution in [0.5, 0.6) is 0 Å². The van der Waals surface area contributed by atoms with Crippen molar-refractivity contribution in [2.75, 3.05) is 26.3 Å². The summed E-state index contributed by atoms with van der Waals surface area (Å²) in [5.74, 6) is 0. The van der Waals surface area contributed by atoms with Crippen molar-refractivity contribution < 1.29 is 30.2 Å². The first kappa shape index (κ1) is 16.1. The van der Waals surface area contributed by atoms with E-state index in [0.29, 0.717) is 19.5 Å².